The fraction of sp³-hybridized carbons (Fsp3) is 0.263. The molecule has 0 aliphatic carbocycles. The minimum atomic E-state index is -0.204. The average molecular weight is 323 g/mol. The van der Waals surface area contributed by atoms with Crippen LogP contribution in [-0.2, 0) is 17.9 Å². The lowest BCUT2D eigenvalue weighted by Crippen LogP contribution is -2.29. The van der Waals surface area contributed by atoms with E-state index in [0.717, 1.165) is 27.8 Å². The molecule has 0 aliphatic rings. The number of aryl methyl sites for hydroxylation is 2. The van der Waals surface area contributed by atoms with E-state index < -0.39 is 0 Å². The molecule has 1 aromatic heterocycles. The summed E-state index contributed by atoms with van der Waals surface area (Å²) in [5.74, 6) is -0.204. The van der Waals surface area contributed by atoms with Gasteiger partial charge in [0.05, 0.1) is 11.0 Å². The van der Waals surface area contributed by atoms with E-state index in [1.54, 1.807) is 4.57 Å². The molecule has 1 heterocycles. The summed E-state index contributed by atoms with van der Waals surface area (Å²) in [7, 11) is 0. The molecule has 3 aromatic rings. The molecule has 0 fully saturated rings. The van der Waals surface area contributed by atoms with Crippen molar-refractivity contribution in [3.05, 3.63) is 64.1 Å². The van der Waals surface area contributed by atoms with Crippen LogP contribution in [0, 0.1) is 13.8 Å². The first kappa shape index (κ1) is 16.1. The molecule has 0 aliphatic heterocycles. The second kappa shape index (κ2) is 6.35. The maximum Gasteiger partial charge on any atom is 0.329 e. The lowest BCUT2D eigenvalue weighted by Gasteiger charge is -2.10. The Morgan fingerprint density at radius 3 is 2.33 bits per heavy atom. The SMILES string of the molecule is CCn1c(=O)n(CC(=O)Nc2cccc(C)c2C)c2ccccc21. The van der Waals surface area contributed by atoms with Crippen molar-refractivity contribution in [1.82, 2.24) is 9.13 Å². The molecular weight excluding hydrogens is 302 g/mol. The highest BCUT2D eigenvalue weighted by atomic mass is 16.2. The number of hydrogen-bond acceptors (Lipinski definition) is 2. The lowest BCUT2D eigenvalue weighted by atomic mass is 10.1. The fourth-order valence-electron chi connectivity index (χ4n) is 2.95. The number of para-hydroxylation sites is 2. The van der Waals surface area contributed by atoms with E-state index in [9.17, 15) is 9.59 Å². The monoisotopic (exact) mass is 323 g/mol. The summed E-state index contributed by atoms with van der Waals surface area (Å²) >= 11 is 0. The maximum atomic E-state index is 12.6. The van der Waals surface area contributed by atoms with Gasteiger partial charge in [-0.2, -0.15) is 0 Å². The zero-order chi connectivity index (χ0) is 17.3. The normalized spacial score (nSPS) is 11.0. The number of aromatic nitrogens is 2. The van der Waals surface area contributed by atoms with Crippen LogP contribution in [0.4, 0.5) is 5.69 Å². The number of rotatable bonds is 4. The summed E-state index contributed by atoms with van der Waals surface area (Å²) in [6.45, 7) is 6.48. The Balaban J connectivity index is 1.93. The predicted molar refractivity (Wildman–Crippen MR) is 96.4 cm³/mol. The summed E-state index contributed by atoms with van der Waals surface area (Å²) in [5, 5.41) is 2.91. The van der Waals surface area contributed by atoms with Gasteiger partial charge in [-0.3, -0.25) is 13.9 Å². The molecule has 0 saturated carbocycles. The van der Waals surface area contributed by atoms with Crippen LogP contribution in [-0.4, -0.2) is 15.0 Å². The number of hydrogen-bond donors (Lipinski definition) is 1. The molecule has 0 unspecified atom stereocenters. The summed E-state index contributed by atoms with van der Waals surface area (Å²) in [5.41, 5.74) is 4.41. The third-order valence-electron chi connectivity index (χ3n) is 4.42. The van der Waals surface area contributed by atoms with E-state index in [2.05, 4.69) is 5.32 Å². The molecule has 24 heavy (non-hydrogen) atoms. The first-order chi connectivity index (χ1) is 11.5. The van der Waals surface area contributed by atoms with Crippen molar-refractivity contribution in [3.63, 3.8) is 0 Å². The first-order valence-corrected chi connectivity index (χ1v) is 8.07. The first-order valence-electron chi connectivity index (χ1n) is 8.07. The number of benzene rings is 2. The van der Waals surface area contributed by atoms with Crippen molar-refractivity contribution in [2.24, 2.45) is 0 Å². The average Bonchev–Trinajstić information content (AvgIpc) is 2.84. The Hall–Kier alpha value is -2.82. The number of anilines is 1. The van der Waals surface area contributed by atoms with Crippen molar-refractivity contribution >= 4 is 22.6 Å². The van der Waals surface area contributed by atoms with Crippen LogP contribution in [0.1, 0.15) is 18.1 Å². The predicted octanol–water partition coefficient (Wildman–Crippen LogP) is 3.08. The summed E-state index contributed by atoms with van der Waals surface area (Å²) in [6.07, 6.45) is 0. The van der Waals surface area contributed by atoms with Crippen LogP contribution in [0.15, 0.2) is 47.3 Å². The van der Waals surface area contributed by atoms with Crippen LogP contribution in [0.25, 0.3) is 11.0 Å². The van der Waals surface area contributed by atoms with Gasteiger partial charge in [0.2, 0.25) is 5.91 Å². The quantitative estimate of drug-likeness (QED) is 0.802. The van der Waals surface area contributed by atoms with Crippen LogP contribution in [0.5, 0.6) is 0 Å². The topological polar surface area (TPSA) is 56.0 Å². The van der Waals surface area contributed by atoms with E-state index in [-0.39, 0.29) is 18.1 Å². The van der Waals surface area contributed by atoms with Crippen molar-refractivity contribution in [2.45, 2.75) is 33.9 Å². The third kappa shape index (κ3) is 2.73. The van der Waals surface area contributed by atoms with Gasteiger partial charge >= 0.3 is 5.69 Å². The molecule has 1 amide bonds. The van der Waals surface area contributed by atoms with Gasteiger partial charge in [0.15, 0.2) is 0 Å². The largest absolute Gasteiger partial charge is 0.329 e. The van der Waals surface area contributed by atoms with Crippen LogP contribution in [0.2, 0.25) is 0 Å². The van der Waals surface area contributed by atoms with E-state index in [1.807, 2.05) is 63.2 Å². The molecule has 124 valence electrons. The van der Waals surface area contributed by atoms with Gasteiger partial charge in [0.1, 0.15) is 6.54 Å². The number of nitrogens with zero attached hydrogens (tertiary/aromatic N) is 2. The molecule has 1 N–H and O–H groups in total. The molecule has 0 bridgehead atoms. The molecule has 3 rings (SSSR count). The molecular formula is C19H21N3O2. The third-order valence-corrected chi connectivity index (χ3v) is 4.42. The minimum Gasteiger partial charge on any atom is -0.324 e. The highest BCUT2D eigenvalue weighted by molar-refractivity contribution is 5.92. The number of carbonyl (C=O) groups excluding carboxylic acids is 1. The van der Waals surface area contributed by atoms with E-state index in [1.165, 1.54) is 4.57 Å². The van der Waals surface area contributed by atoms with Gasteiger partial charge in [-0.25, -0.2) is 4.79 Å². The van der Waals surface area contributed by atoms with E-state index >= 15 is 0 Å². The number of amides is 1. The number of nitrogens with one attached hydrogen (secondary N) is 1. The molecule has 0 spiro atoms. The highest BCUT2D eigenvalue weighted by Crippen LogP contribution is 2.18. The van der Waals surface area contributed by atoms with Gasteiger partial charge in [-0.05, 0) is 50.1 Å². The summed E-state index contributed by atoms with van der Waals surface area (Å²) < 4.78 is 3.21. The second-order valence-electron chi connectivity index (χ2n) is 5.90. The van der Waals surface area contributed by atoms with Crippen LogP contribution in [0.3, 0.4) is 0 Å². The second-order valence-corrected chi connectivity index (χ2v) is 5.90. The summed E-state index contributed by atoms with van der Waals surface area (Å²) in [6, 6.07) is 13.3. The zero-order valence-corrected chi connectivity index (χ0v) is 14.2. The molecule has 2 aromatic carbocycles. The Labute approximate surface area is 140 Å². The Morgan fingerprint density at radius 1 is 1.00 bits per heavy atom. The number of carbonyl (C=O) groups is 1. The van der Waals surface area contributed by atoms with Crippen molar-refractivity contribution in [1.29, 1.82) is 0 Å². The standard InChI is InChI=1S/C19H21N3O2/c1-4-21-16-10-5-6-11-17(16)22(19(21)24)12-18(23)20-15-9-7-8-13(2)14(15)3/h5-11H,4,12H2,1-3H3,(H,20,23). The van der Waals surface area contributed by atoms with Gasteiger partial charge in [-0.1, -0.05) is 24.3 Å². The van der Waals surface area contributed by atoms with Crippen molar-refractivity contribution < 1.29 is 4.79 Å². The molecule has 0 atom stereocenters. The maximum absolute atomic E-state index is 12.6. The van der Waals surface area contributed by atoms with E-state index in [4.69, 9.17) is 0 Å². The van der Waals surface area contributed by atoms with Gasteiger partial charge in [-0.15, -0.1) is 0 Å². The zero-order valence-electron chi connectivity index (χ0n) is 14.2. The Morgan fingerprint density at radius 2 is 1.67 bits per heavy atom. The molecule has 5 nitrogen and oxygen atoms in total. The number of fused-ring (bicyclic) bond motifs is 1. The van der Waals surface area contributed by atoms with E-state index in [0.29, 0.717) is 6.54 Å². The Kier molecular flexibility index (Phi) is 4.25. The van der Waals surface area contributed by atoms with Gasteiger partial charge in [0, 0.05) is 12.2 Å². The molecule has 0 saturated heterocycles. The molecule has 0 radical (unpaired) electrons. The number of imidazole rings is 1. The van der Waals surface area contributed by atoms with Crippen molar-refractivity contribution in [3.8, 4) is 0 Å². The molecule has 5 heteroatoms. The summed E-state index contributed by atoms with van der Waals surface area (Å²) in [4.78, 5) is 25.0. The smallest absolute Gasteiger partial charge is 0.324 e. The van der Waals surface area contributed by atoms with Gasteiger partial charge < -0.3 is 5.32 Å². The Bertz CT molecular complexity index is 966. The lowest BCUT2D eigenvalue weighted by molar-refractivity contribution is -0.116. The van der Waals surface area contributed by atoms with Crippen LogP contribution < -0.4 is 11.0 Å². The van der Waals surface area contributed by atoms with Crippen LogP contribution >= 0.6 is 0 Å². The fourth-order valence-corrected chi connectivity index (χ4v) is 2.95. The van der Waals surface area contributed by atoms with Gasteiger partial charge in [0.25, 0.3) is 0 Å². The highest BCUT2D eigenvalue weighted by Gasteiger charge is 2.15. The van der Waals surface area contributed by atoms with Crippen molar-refractivity contribution in [2.75, 3.05) is 5.32 Å². The minimum absolute atomic E-state index is 0.000269.